The minimum Gasteiger partial charge on any atom is -0.349 e. The minimum atomic E-state index is -0.134. The number of likely N-dealkylation sites (tertiary alicyclic amines) is 1. The molecular weight excluding hydrogens is 312 g/mol. The molecule has 3 rings (SSSR count). The van der Waals surface area contributed by atoms with Gasteiger partial charge in [-0.3, -0.25) is 9.89 Å². The van der Waals surface area contributed by atoms with Crippen LogP contribution in [-0.4, -0.2) is 57.2 Å². The van der Waals surface area contributed by atoms with Gasteiger partial charge in [0.1, 0.15) is 12.0 Å². The van der Waals surface area contributed by atoms with Crippen molar-refractivity contribution in [2.75, 3.05) is 26.2 Å². The number of piperidine rings is 1. The van der Waals surface area contributed by atoms with Crippen LogP contribution in [0.5, 0.6) is 0 Å². The van der Waals surface area contributed by atoms with Crippen molar-refractivity contribution < 1.29 is 4.79 Å². The van der Waals surface area contributed by atoms with E-state index in [0.29, 0.717) is 23.1 Å². The maximum Gasteiger partial charge on any atom is 0.270 e. The number of aromatic nitrogens is 4. The molecule has 1 aliphatic heterocycles. The predicted molar refractivity (Wildman–Crippen MR) is 89.2 cm³/mol. The zero-order valence-corrected chi connectivity index (χ0v) is 14.3. The van der Waals surface area contributed by atoms with E-state index in [1.807, 2.05) is 0 Å². The molecule has 0 unspecified atom stereocenters. The Balaban J connectivity index is 1.48. The number of amides is 1. The molecule has 1 aliphatic rings. The number of hydrogen-bond acceptors (Lipinski definition) is 6. The van der Waals surface area contributed by atoms with Crippen molar-refractivity contribution in [2.45, 2.75) is 20.3 Å². The first-order valence-electron chi connectivity index (χ1n) is 7.93. The van der Waals surface area contributed by atoms with Gasteiger partial charge in [-0.2, -0.15) is 5.10 Å². The quantitative estimate of drug-likeness (QED) is 0.868. The second-order valence-corrected chi connectivity index (χ2v) is 7.19. The molecule has 1 fully saturated rings. The van der Waals surface area contributed by atoms with E-state index in [9.17, 15) is 4.79 Å². The van der Waals surface area contributed by atoms with Gasteiger partial charge in [-0.15, -0.1) is 11.3 Å². The lowest BCUT2D eigenvalue weighted by Gasteiger charge is -2.34. The summed E-state index contributed by atoms with van der Waals surface area (Å²) < 4.78 is 0. The zero-order chi connectivity index (χ0) is 16.2. The smallest absolute Gasteiger partial charge is 0.270 e. The molecule has 0 saturated carbocycles. The predicted octanol–water partition coefficient (Wildman–Crippen LogP) is 1.64. The van der Waals surface area contributed by atoms with Crippen LogP contribution in [0.25, 0.3) is 10.8 Å². The summed E-state index contributed by atoms with van der Waals surface area (Å²) in [7, 11) is 0. The average Bonchev–Trinajstić information content (AvgIpc) is 3.17. The van der Waals surface area contributed by atoms with Crippen LogP contribution in [0.3, 0.4) is 0 Å². The molecule has 0 bridgehead atoms. The largest absolute Gasteiger partial charge is 0.349 e. The van der Waals surface area contributed by atoms with Crippen LogP contribution in [0.2, 0.25) is 0 Å². The molecule has 0 aliphatic carbocycles. The average molecular weight is 334 g/mol. The highest BCUT2D eigenvalue weighted by Gasteiger charge is 2.21. The molecule has 2 aromatic rings. The highest BCUT2D eigenvalue weighted by molar-refractivity contribution is 7.13. The Morgan fingerprint density at radius 1 is 1.43 bits per heavy atom. The lowest BCUT2D eigenvalue weighted by Crippen LogP contribution is -2.42. The van der Waals surface area contributed by atoms with E-state index >= 15 is 0 Å². The normalized spacial score (nSPS) is 22.2. The molecule has 2 aromatic heterocycles. The topological polar surface area (TPSA) is 86.8 Å². The van der Waals surface area contributed by atoms with E-state index in [0.717, 1.165) is 31.5 Å². The minimum absolute atomic E-state index is 0.134. The number of carbonyl (C=O) groups is 1. The molecule has 0 aromatic carbocycles. The number of hydrogen-bond donors (Lipinski definition) is 2. The van der Waals surface area contributed by atoms with Crippen LogP contribution < -0.4 is 5.32 Å². The van der Waals surface area contributed by atoms with Crippen LogP contribution in [0.1, 0.15) is 30.8 Å². The van der Waals surface area contributed by atoms with Crippen LogP contribution in [0.4, 0.5) is 0 Å². The summed E-state index contributed by atoms with van der Waals surface area (Å²) in [5.41, 5.74) is 0.432. The summed E-state index contributed by atoms with van der Waals surface area (Å²) in [6, 6.07) is 0. The standard InChI is InChI=1S/C15H22N6OS/c1-10-5-11(2)7-21(6-10)4-3-16-14(22)12-8-23-15(19-12)13-17-9-18-20-13/h8-11H,3-7H2,1-2H3,(H,16,22)(H,17,18,20)/t10-,11-/m1/s1. The van der Waals surface area contributed by atoms with Gasteiger partial charge in [-0.25, -0.2) is 9.97 Å². The van der Waals surface area contributed by atoms with Gasteiger partial charge in [-0.05, 0) is 18.3 Å². The number of H-pyrrole nitrogens is 1. The first-order valence-corrected chi connectivity index (χ1v) is 8.81. The van der Waals surface area contributed by atoms with E-state index in [1.54, 1.807) is 5.38 Å². The molecule has 2 atom stereocenters. The van der Waals surface area contributed by atoms with Gasteiger partial charge in [0.25, 0.3) is 5.91 Å². The van der Waals surface area contributed by atoms with Crippen LogP contribution in [0.15, 0.2) is 11.7 Å². The molecule has 3 heterocycles. The monoisotopic (exact) mass is 334 g/mol. The Hall–Kier alpha value is -1.80. The summed E-state index contributed by atoms with van der Waals surface area (Å²) in [5, 5.41) is 11.9. The van der Waals surface area contributed by atoms with Crippen LogP contribution >= 0.6 is 11.3 Å². The fourth-order valence-electron chi connectivity index (χ4n) is 3.19. The van der Waals surface area contributed by atoms with Gasteiger partial charge >= 0.3 is 0 Å². The fraction of sp³-hybridized carbons (Fsp3) is 0.600. The maximum atomic E-state index is 12.2. The SMILES string of the molecule is C[C@@H]1C[C@@H](C)CN(CCNC(=O)c2csc(-c3ncn[nH]3)n2)C1. The van der Waals surface area contributed by atoms with E-state index in [2.05, 4.69) is 44.2 Å². The summed E-state index contributed by atoms with van der Waals surface area (Å²) >= 11 is 1.38. The Bertz CT molecular complexity index is 630. The van der Waals surface area contributed by atoms with E-state index < -0.39 is 0 Å². The number of thiazole rings is 1. The summed E-state index contributed by atoms with van der Waals surface area (Å²) in [5.74, 6) is 1.92. The zero-order valence-electron chi connectivity index (χ0n) is 13.5. The first kappa shape index (κ1) is 16.1. The van der Waals surface area contributed by atoms with Gasteiger partial charge < -0.3 is 10.2 Å². The number of nitrogens with one attached hydrogen (secondary N) is 2. The summed E-state index contributed by atoms with van der Waals surface area (Å²) in [6.45, 7) is 8.36. The third-order valence-electron chi connectivity index (χ3n) is 4.01. The molecule has 124 valence electrons. The molecule has 0 spiro atoms. The van der Waals surface area contributed by atoms with Crippen molar-refractivity contribution in [1.29, 1.82) is 0 Å². The van der Waals surface area contributed by atoms with Gasteiger partial charge in [0, 0.05) is 31.6 Å². The van der Waals surface area contributed by atoms with Crippen LogP contribution in [-0.2, 0) is 0 Å². The molecule has 0 radical (unpaired) electrons. The molecule has 23 heavy (non-hydrogen) atoms. The highest BCUT2D eigenvalue weighted by atomic mass is 32.1. The Kier molecular flexibility index (Phi) is 5.02. The Labute approximate surface area is 139 Å². The lowest BCUT2D eigenvalue weighted by atomic mass is 9.92. The van der Waals surface area contributed by atoms with Crippen molar-refractivity contribution in [3.05, 3.63) is 17.4 Å². The van der Waals surface area contributed by atoms with Crippen molar-refractivity contribution in [2.24, 2.45) is 11.8 Å². The lowest BCUT2D eigenvalue weighted by molar-refractivity contribution is 0.0932. The number of aromatic amines is 1. The number of nitrogens with zero attached hydrogens (tertiary/aromatic N) is 4. The van der Waals surface area contributed by atoms with E-state index in [4.69, 9.17) is 0 Å². The van der Waals surface area contributed by atoms with Gasteiger partial charge in [0.2, 0.25) is 0 Å². The van der Waals surface area contributed by atoms with Gasteiger partial charge in [-0.1, -0.05) is 13.8 Å². The molecule has 2 N–H and O–H groups in total. The van der Waals surface area contributed by atoms with Crippen molar-refractivity contribution >= 4 is 17.2 Å². The molecule has 1 amide bonds. The molecule has 7 nitrogen and oxygen atoms in total. The number of carbonyl (C=O) groups excluding carboxylic acids is 1. The second-order valence-electron chi connectivity index (χ2n) is 6.33. The Morgan fingerprint density at radius 2 is 2.22 bits per heavy atom. The maximum absolute atomic E-state index is 12.2. The van der Waals surface area contributed by atoms with E-state index in [1.165, 1.54) is 24.1 Å². The summed E-state index contributed by atoms with van der Waals surface area (Å²) in [6.07, 6.45) is 2.73. The molecule has 8 heteroatoms. The Morgan fingerprint density at radius 3 is 2.91 bits per heavy atom. The molecular formula is C15H22N6OS. The summed E-state index contributed by atoms with van der Waals surface area (Å²) in [4.78, 5) is 22.9. The van der Waals surface area contributed by atoms with Crippen molar-refractivity contribution in [3.63, 3.8) is 0 Å². The van der Waals surface area contributed by atoms with Gasteiger partial charge in [0.15, 0.2) is 10.8 Å². The van der Waals surface area contributed by atoms with Crippen molar-refractivity contribution in [1.82, 2.24) is 30.4 Å². The molecule has 1 saturated heterocycles. The van der Waals surface area contributed by atoms with Crippen LogP contribution in [0, 0.1) is 11.8 Å². The fourth-order valence-corrected chi connectivity index (χ4v) is 3.93. The van der Waals surface area contributed by atoms with Crippen molar-refractivity contribution in [3.8, 4) is 10.8 Å². The van der Waals surface area contributed by atoms with E-state index in [-0.39, 0.29) is 5.91 Å². The third-order valence-corrected chi connectivity index (χ3v) is 4.86. The second kappa shape index (κ2) is 7.18. The number of rotatable bonds is 5. The van der Waals surface area contributed by atoms with Gasteiger partial charge in [0.05, 0.1) is 0 Å². The third kappa shape index (κ3) is 4.14. The first-order chi connectivity index (χ1) is 11.1. The highest BCUT2D eigenvalue weighted by Crippen LogP contribution is 2.21.